The Morgan fingerprint density at radius 1 is 1.37 bits per heavy atom. The van der Waals surface area contributed by atoms with Gasteiger partial charge >= 0.3 is 12.0 Å². The van der Waals surface area contributed by atoms with Crippen LogP contribution in [0.4, 0.5) is 4.79 Å². The number of ether oxygens (including phenoxy) is 1. The predicted octanol–water partition coefficient (Wildman–Crippen LogP) is 0.492. The highest BCUT2D eigenvalue weighted by Gasteiger charge is 2.30. The molecule has 1 atom stereocenters. The first kappa shape index (κ1) is 15.4. The summed E-state index contributed by atoms with van der Waals surface area (Å²) in [5.41, 5.74) is -1.20. The Morgan fingerprint density at radius 2 is 2.05 bits per heavy atom. The van der Waals surface area contributed by atoms with Crippen LogP contribution in [0.5, 0.6) is 0 Å². The molecule has 1 fully saturated rings. The first-order chi connectivity index (χ1) is 8.81. The molecule has 0 aromatic heterocycles. The topological polar surface area (TPSA) is 105 Å². The molecule has 3 N–H and O–H groups in total. The van der Waals surface area contributed by atoms with Gasteiger partial charge in [-0.1, -0.05) is 0 Å². The van der Waals surface area contributed by atoms with Crippen LogP contribution < -0.4 is 10.6 Å². The van der Waals surface area contributed by atoms with Crippen LogP contribution in [0.3, 0.4) is 0 Å². The molecule has 0 bridgehead atoms. The van der Waals surface area contributed by atoms with Crippen LogP contribution >= 0.6 is 0 Å². The van der Waals surface area contributed by atoms with E-state index in [0.29, 0.717) is 13.2 Å². The van der Waals surface area contributed by atoms with E-state index >= 15 is 0 Å². The summed E-state index contributed by atoms with van der Waals surface area (Å²) >= 11 is 0. The summed E-state index contributed by atoms with van der Waals surface area (Å²) in [4.78, 5) is 33.9. The summed E-state index contributed by atoms with van der Waals surface area (Å²) in [7, 11) is 0. The molecule has 7 heteroatoms. The van der Waals surface area contributed by atoms with Crippen molar-refractivity contribution in [1.29, 1.82) is 0 Å². The van der Waals surface area contributed by atoms with Crippen LogP contribution in [0.25, 0.3) is 0 Å². The third-order valence-corrected chi connectivity index (χ3v) is 2.93. The van der Waals surface area contributed by atoms with Crippen molar-refractivity contribution in [3.63, 3.8) is 0 Å². The Morgan fingerprint density at radius 3 is 2.58 bits per heavy atom. The van der Waals surface area contributed by atoms with Crippen LogP contribution in [0.15, 0.2) is 0 Å². The Bertz CT molecular complexity index is 361. The smallest absolute Gasteiger partial charge is 0.321 e. The number of carbonyl (C=O) groups is 3. The number of carboxylic acids is 1. The number of imide groups is 1. The van der Waals surface area contributed by atoms with Gasteiger partial charge in [-0.25, -0.2) is 4.79 Å². The van der Waals surface area contributed by atoms with Gasteiger partial charge in [-0.2, -0.15) is 0 Å². The number of carbonyl (C=O) groups excluding carboxylic acids is 2. The maximum atomic E-state index is 11.5. The second kappa shape index (κ2) is 6.51. The quantitative estimate of drug-likeness (QED) is 0.691. The van der Waals surface area contributed by atoms with Gasteiger partial charge in [0.25, 0.3) is 0 Å². The molecule has 1 heterocycles. The van der Waals surface area contributed by atoms with Crippen molar-refractivity contribution in [1.82, 2.24) is 10.6 Å². The van der Waals surface area contributed by atoms with Crippen molar-refractivity contribution < 1.29 is 24.2 Å². The van der Waals surface area contributed by atoms with Crippen LogP contribution in [-0.4, -0.2) is 42.3 Å². The summed E-state index contributed by atoms with van der Waals surface area (Å²) in [6, 6.07) is -0.712. The summed E-state index contributed by atoms with van der Waals surface area (Å²) in [5.74, 6) is -1.69. The van der Waals surface area contributed by atoms with Gasteiger partial charge in [0, 0.05) is 13.0 Å². The fourth-order valence-electron chi connectivity index (χ4n) is 1.72. The van der Waals surface area contributed by atoms with E-state index in [-0.39, 0.29) is 12.5 Å². The van der Waals surface area contributed by atoms with Gasteiger partial charge in [0.1, 0.15) is 0 Å². The summed E-state index contributed by atoms with van der Waals surface area (Å²) in [6.45, 7) is 3.98. The van der Waals surface area contributed by atoms with Crippen molar-refractivity contribution in [3.8, 4) is 0 Å². The average molecular weight is 272 g/mol. The zero-order chi connectivity index (χ0) is 14.5. The number of carboxylic acid groups (broad SMARTS) is 1. The molecule has 1 aliphatic heterocycles. The van der Waals surface area contributed by atoms with Gasteiger partial charge in [-0.3, -0.25) is 14.9 Å². The van der Waals surface area contributed by atoms with E-state index in [9.17, 15) is 14.4 Å². The van der Waals surface area contributed by atoms with Crippen LogP contribution in [-0.2, 0) is 14.3 Å². The zero-order valence-corrected chi connectivity index (χ0v) is 11.2. The second-order valence-corrected chi connectivity index (χ2v) is 5.30. The summed E-state index contributed by atoms with van der Waals surface area (Å²) in [5, 5.41) is 13.6. The minimum Gasteiger partial charge on any atom is -0.481 e. The molecule has 19 heavy (non-hydrogen) atoms. The molecule has 0 aliphatic carbocycles. The normalized spacial score (nSPS) is 19.6. The minimum absolute atomic E-state index is 0.103. The Balaban J connectivity index is 2.35. The van der Waals surface area contributed by atoms with Crippen LogP contribution in [0.2, 0.25) is 0 Å². The maximum Gasteiger partial charge on any atom is 0.321 e. The SMILES string of the molecule is CC(C)(CC(=O)NC(=O)NC1CCCOC1)C(=O)O. The lowest BCUT2D eigenvalue weighted by molar-refractivity contribution is -0.149. The van der Waals surface area contributed by atoms with Crippen LogP contribution in [0, 0.1) is 5.41 Å². The Hall–Kier alpha value is -1.63. The van der Waals surface area contributed by atoms with Gasteiger partial charge in [-0.05, 0) is 26.7 Å². The molecule has 0 aromatic carbocycles. The first-order valence-corrected chi connectivity index (χ1v) is 6.23. The number of hydrogen-bond donors (Lipinski definition) is 3. The van der Waals surface area contributed by atoms with E-state index in [0.717, 1.165) is 12.8 Å². The first-order valence-electron chi connectivity index (χ1n) is 6.23. The standard InChI is InChI=1S/C12H20N2O5/c1-12(2,10(16)17)6-9(15)14-11(18)13-8-4-3-5-19-7-8/h8H,3-7H2,1-2H3,(H,16,17)(H2,13,14,15,18). The molecule has 1 saturated heterocycles. The van der Waals surface area contributed by atoms with Crippen molar-refractivity contribution in [2.75, 3.05) is 13.2 Å². The van der Waals surface area contributed by atoms with E-state index in [2.05, 4.69) is 10.6 Å². The van der Waals surface area contributed by atoms with Crippen LogP contribution in [0.1, 0.15) is 33.1 Å². The minimum atomic E-state index is -1.20. The second-order valence-electron chi connectivity index (χ2n) is 5.30. The maximum absolute atomic E-state index is 11.5. The highest BCUT2D eigenvalue weighted by atomic mass is 16.5. The molecule has 7 nitrogen and oxygen atoms in total. The summed E-state index contributed by atoms with van der Waals surface area (Å²) < 4.78 is 5.19. The summed E-state index contributed by atoms with van der Waals surface area (Å²) in [6.07, 6.45) is 1.42. The van der Waals surface area contributed by atoms with E-state index in [1.165, 1.54) is 13.8 Å². The lowest BCUT2D eigenvalue weighted by Gasteiger charge is -2.23. The van der Waals surface area contributed by atoms with Crippen molar-refractivity contribution in [2.24, 2.45) is 5.41 Å². The fourth-order valence-corrected chi connectivity index (χ4v) is 1.72. The highest BCUT2D eigenvalue weighted by Crippen LogP contribution is 2.19. The third-order valence-electron chi connectivity index (χ3n) is 2.93. The molecule has 0 spiro atoms. The number of nitrogens with one attached hydrogen (secondary N) is 2. The van der Waals surface area contributed by atoms with Gasteiger partial charge in [-0.15, -0.1) is 0 Å². The zero-order valence-electron chi connectivity index (χ0n) is 11.2. The fraction of sp³-hybridized carbons (Fsp3) is 0.750. The Kier molecular flexibility index (Phi) is 5.29. The van der Waals surface area contributed by atoms with E-state index < -0.39 is 23.3 Å². The molecular formula is C12H20N2O5. The molecule has 3 amide bonds. The number of rotatable bonds is 4. The molecule has 0 aromatic rings. The molecule has 1 aliphatic rings. The van der Waals surface area contributed by atoms with E-state index in [4.69, 9.17) is 9.84 Å². The number of amides is 3. The van der Waals surface area contributed by atoms with Gasteiger partial charge in [0.05, 0.1) is 18.1 Å². The third kappa shape index (κ3) is 5.25. The Labute approximate surface area is 111 Å². The monoisotopic (exact) mass is 272 g/mol. The lowest BCUT2D eigenvalue weighted by atomic mass is 9.89. The number of urea groups is 1. The van der Waals surface area contributed by atoms with Crippen molar-refractivity contribution >= 4 is 17.9 Å². The van der Waals surface area contributed by atoms with Crippen molar-refractivity contribution in [3.05, 3.63) is 0 Å². The molecule has 1 unspecified atom stereocenters. The molecule has 0 radical (unpaired) electrons. The molecule has 1 rings (SSSR count). The average Bonchev–Trinajstić information content (AvgIpc) is 2.28. The van der Waals surface area contributed by atoms with Gasteiger partial charge in [0.15, 0.2) is 0 Å². The number of hydrogen-bond acceptors (Lipinski definition) is 4. The molecule has 108 valence electrons. The van der Waals surface area contributed by atoms with Crippen molar-refractivity contribution in [2.45, 2.75) is 39.2 Å². The largest absolute Gasteiger partial charge is 0.481 e. The van der Waals surface area contributed by atoms with Gasteiger partial charge < -0.3 is 15.2 Å². The number of aliphatic carboxylic acids is 1. The highest BCUT2D eigenvalue weighted by molar-refractivity contribution is 5.96. The molecular weight excluding hydrogens is 252 g/mol. The van der Waals surface area contributed by atoms with E-state index in [1.807, 2.05) is 0 Å². The predicted molar refractivity (Wildman–Crippen MR) is 66.5 cm³/mol. The lowest BCUT2D eigenvalue weighted by Crippen LogP contribution is -2.48. The molecule has 0 saturated carbocycles. The van der Waals surface area contributed by atoms with Gasteiger partial charge in [0.2, 0.25) is 5.91 Å². The van der Waals surface area contributed by atoms with E-state index in [1.54, 1.807) is 0 Å².